The molecule has 0 bridgehead atoms. The van der Waals surface area contributed by atoms with Crippen LogP contribution in [0.4, 0.5) is 0 Å². The van der Waals surface area contributed by atoms with Crippen molar-refractivity contribution in [3.63, 3.8) is 0 Å². The van der Waals surface area contributed by atoms with Gasteiger partial charge >= 0.3 is 0 Å². The van der Waals surface area contributed by atoms with Gasteiger partial charge in [-0.15, -0.1) is 5.10 Å². The van der Waals surface area contributed by atoms with Crippen LogP contribution >= 0.6 is 0 Å². The maximum absolute atomic E-state index is 13.5. The van der Waals surface area contributed by atoms with Gasteiger partial charge in [0.05, 0.1) is 11.3 Å². The van der Waals surface area contributed by atoms with Gasteiger partial charge in [0.25, 0.3) is 0 Å². The molecule has 0 amide bonds. The number of ketones is 1. The maximum Gasteiger partial charge on any atom is 0.228 e. The van der Waals surface area contributed by atoms with Crippen molar-refractivity contribution in [2.45, 2.75) is 46.1 Å². The van der Waals surface area contributed by atoms with E-state index in [9.17, 15) is 4.79 Å². The minimum Gasteiger partial charge on any atom is -0.442 e. The highest BCUT2D eigenvalue weighted by Gasteiger charge is 2.43. The molecule has 8 nitrogen and oxygen atoms in total. The van der Waals surface area contributed by atoms with E-state index in [1.54, 1.807) is 10.8 Å². The number of carbonyl (C=O) groups is 1. The van der Waals surface area contributed by atoms with Crippen molar-refractivity contribution >= 4 is 17.1 Å². The number of nitrogens with zero attached hydrogens (tertiary/aromatic N) is 5. The van der Waals surface area contributed by atoms with Gasteiger partial charge in [-0.3, -0.25) is 4.79 Å². The molecule has 0 spiro atoms. The Kier molecular flexibility index (Phi) is 5.59. The molecular formula is C29H27N5O3. The lowest BCUT2D eigenvalue weighted by Crippen LogP contribution is -2.33. The van der Waals surface area contributed by atoms with Crippen molar-refractivity contribution in [2.75, 3.05) is 0 Å². The zero-order valence-corrected chi connectivity index (χ0v) is 21.0. The molecule has 2 aromatic heterocycles. The fourth-order valence-corrected chi connectivity index (χ4v) is 5.15. The van der Waals surface area contributed by atoms with Gasteiger partial charge in [-0.2, -0.15) is 0 Å². The van der Waals surface area contributed by atoms with Crippen LogP contribution in [0.25, 0.3) is 5.65 Å². The number of hydrogen-bond donors (Lipinski definition) is 0. The second-order valence-electron chi connectivity index (χ2n) is 10.3. The summed E-state index contributed by atoms with van der Waals surface area (Å²) in [6.45, 7) is 6.17. The molecule has 37 heavy (non-hydrogen) atoms. The summed E-state index contributed by atoms with van der Waals surface area (Å²) in [4.78, 5) is 28.4. The van der Waals surface area contributed by atoms with Crippen LogP contribution in [-0.2, 0) is 16.2 Å². The number of ether oxygens (including phenoxy) is 1. The Bertz CT molecular complexity index is 1550. The highest BCUT2D eigenvalue weighted by Crippen LogP contribution is 2.50. The molecule has 6 rings (SSSR count). The van der Waals surface area contributed by atoms with Crippen molar-refractivity contribution in [3.05, 3.63) is 101 Å². The third kappa shape index (κ3) is 4.28. The maximum atomic E-state index is 13.5. The van der Waals surface area contributed by atoms with Crippen LogP contribution in [0.5, 0.6) is 5.88 Å². The van der Waals surface area contributed by atoms with Gasteiger partial charge in [0.15, 0.2) is 23.9 Å². The minimum absolute atomic E-state index is 0.0958. The van der Waals surface area contributed by atoms with Gasteiger partial charge in [-0.25, -0.2) is 14.5 Å². The summed E-state index contributed by atoms with van der Waals surface area (Å²) in [6.07, 6.45) is 2.73. The Labute approximate surface area is 214 Å². The first-order valence-electron chi connectivity index (χ1n) is 12.3. The Hall–Kier alpha value is -4.33. The summed E-state index contributed by atoms with van der Waals surface area (Å²) in [6, 6.07) is 19.8. The number of allylic oxidation sites excluding steroid dienone is 2. The Morgan fingerprint density at radius 3 is 2.59 bits per heavy atom. The lowest BCUT2D eigenvalue weighted by molar-refractivity contribution is -0.118. The van der Waals surface area contributed by atoms with Crippen LogP contribution < -0.4 is 4.74 Å². The Morgan fingerprint density at radius 1 is 1.11 bits per heavy atom. The average Bonchev–Trinajstić information content (AvgIpc) is 3.31. The highest BCUT2D eigenvalue weighted by molar-refractivity contribution is 6.00. The molecule has 0 radical (unpaired) electrons. The molecular weight excluding hydrogens is 466 g/mol. The fourth-order valence-electron chi connectivity index (χ4n) is 5.15. The average molecular weight is 494 g/mol. The molecule has 1 unspecified atom stereocenters. The van der Waals surface area contributed by atoms with E-state index in [-0.39, 0.29) is 23.7 Å². The number of rotatable bonds is 5. The zero-order valence-electron chi connectivity index (χ0n) is 21.0. The molecule has 3 heterocycles. The van der Waals surface area contributed by atoms with E-state index in [0.717, 1.165) is 22.4 Å². The van der Waals surface area contributed by atoms with Crippen molar-refractivity contribution in [1.29, 1.82) is 0 Å². The minimum atomic E-state index is -0.337. The molecule has 1 atom stereocenters. The molecule has 2 aromatic carbocycles. The van der Waals surface area contributed by atoms with Crippen LogP contribution in [0.3, 0.4) is 0 Å². The molecule has 1 aliphatic heterocycles. The van der Waals surface area contributed by atoms with Gasteiger partial charge < -0.3 is 9.57 Å². The van der Waals surface area contributed by atoms with Gasteiger partial charge in [-0.05, 0) is 23.5 Å². The highest BCUT2D eigenvalue weighted by atomic mass is 16.6. The molecule has 0 saturated heterocycles. The predicted octanol–water partition coefficient (Wildman–Crippen LogP) is 5.23. The summed E-state index contributed by atoms with van der Waals surface area (Å²) in [5, 5.41) is 8.78. The largest absolute Gasteiger partial charge is 0.442 e. The first kappa shape index (κ1) is 23.1. The lowest BCUT2D eigenvalue weighted by atomic mass is 9.70. The van der Waals surface area contributed by atoms with E-state index >= 15 is 0 Å². The van der Waals surface area contributed by atoms with Crippen molar-refractivity contribution in [2.24, 2.45) is 10.6 Å². The smallest absolute Gasteiger partial charge is 0.228 e. The SMILES string of the molecule is C/C(=N\OCc1nc2c3c(ncn2n1)OC1=C(C(=O)CC(C)(C)C1)C3c1ccccc1)c1ccccc1. The normalized spacial score (nSPS) is 18.8. The summed E-state index contributed by atoms with van der Waals surface area (Å²) < 4.78 is 7.90. The number of carbonyl (C=O) groups excluding carboxylic acids is 1. The van der Waals surface area contributed by atoms with E-state index in [2.05, 4.69) is 29.1 Å². The van der Waals surface area contributed by atoms with E-state index < -0.39 is 0 Å². The Morgan fingerprint density at radius 2 is 1.84 bits per heavy atom. The number of fused-ring (bicyclic) bond motifs is 3. The van der Waals surface area contributed by atoms with E-state index in [0.29, 0.717) is 41.5 Å². The molecule has 186 valence electrons. The second kappa shape index (κ2) is 8.96. The third-order valence-electron chi connectivity index (χ3n) is 6.83. The quantitative estimate of drug-likeness (QED) is 0.279. The van der Waals surface area contributed by atoms with Gasteiger partial charge in [0.1, 0.15) is 12.1 Å². The third-order valence-corrected chi connectivity index (χ3v) is 6.83. The van der Waals surface area contributed by atoms with Gasteiger partial charge in [0.2, 0.25) is 5.88 Å². The number of aromatic nitrogens is 4. The van der Waals surface area contributed by atoms with Gasteiger partial charge in [-0.1, -0.05) is 79.7 Å². The van der Waals surface area contributed by atoms with E-state index in [4.69, 9.17) is 14.6 Å². The topological polar surface area (TPSA) is 91.0 Å². The monoisotopic (exact) mass is 493 g/mol. The molecule has 2 aliphatic rings. The zero-order chi connectivity index (χ0) is 25.6. The standard InChI is InChI=1S/C29H27N5O3/c1-18(19-10-6-4-7-11-19)33-36-16-23-31-27-26-24(20-12-8-5-9-13-20)25-21(35)14-29(2,3)15-22(25)37-28(26)30-17-34(27)32-23/h4-13,17,24H,14-16H2,1-3H3/b33-18+. The molecule has 0 fully saturated rings. The molecule has 0 N–H and O–H groups in total. The number of benzene rings is 2. The first-order valence-corrected chi connectivity index (χ1v) is 12.3. The summed E-state index contributed by atoms with van der Waals surface area (Å²) in [7, 11) is 0. The number of oxime groups is 1. The lowest BCUT2D eigenvalue weighted by Gasteiger charge is -2.37. The molecule has 1 aliphatic carbocycles. The second-order valence-corrected chi connectivity index (χ2v) is 10.3. The molecule has 0 saturated carbocycles. The number of hydrogen-bond acceptors (Lipinski definition) is 7. The van der Waals surface area contributed by atoms with Crippen LogP contribution in [0.2, 0.25) is 0 Å². The first-order chi connectivity index (χ1) is 17.9. The summed E-state index contributed by atoms with van der Waals surface area (Å²) >= 11 is 0. The molecule has 4 aromatic rings. The van der Waals surface area contributed by atoms with E-state index in [1.165, 1.54) is 0 Å². The van der Waals surface area contributed by atoms with E-state index in [1.807, 2.05) is 67.6 Å². The van der Waals surface area contributed by atoms with Crippen molar-refractivity contribution in [1.82, 2.24) is 19.6 Å². The van der Waals surface area contributed by atoms with Crippen LogP contribution in [-0.4, -0.2) is 31.1 Å². The summed E-state index contributed by atoms with van der Waals surface area (Å²) in [5.74, 6) is 1.39. The van der Waals surface area contributed by atoms with Crippen LogP contribution in [0, 0.1) is 5.41 Å². The summed E-state index contributed by atoms with van der Waals surface area (Å²) in [5.41, 5.74) is 4.59. The molecule has 8 heteroatoms. The predicted molar refractivity (Wildman–Crippen MR) is 138 cm³/mol. The van der Waals surface area contributed by atoms with Gasteiger partial charge in [0, 0.05) is 24.3 Å². The van der Waals surface area contributed by atoms with Crippen LogP contribution in [0.1, 0.15) is 62.0 Å². The van der Waals surface area contributed by atoms with Crippen molar-refractivity contribution < 1.29 is 14.4 Å². The number of Topliss-reactive ketones (excluding diaryl/α,β-unsaturated/α-hetero) is 1. The fraction of sp³-hybridized carbons (Fsp3) is 0.276. The Balaban J connectivity index is 1.39. The van der Waals surface area contributed by atoms with Crippen LogP contribution in [0.15, 0.2) is 83.5 Å². The van der Waals surface area contributed by atoms with Crippen molar-refractivity contribution in [3.8, 4) is 5.88 Å².